The zero-order valence-corrected chi connectivity index (χ0v) is 22.6. The van der Waals surface area contributed by atoms with Crippen molar-refractivity contribution in [1.82, 2.24) is 14.5 Å². The molecule has 6 nitrogen and oxygen atoms in total. The number of hydrogen-bond acceptors (Lipinski definition) is 4. The smallest absolute Gasteiger partial charge is 0.240 e. The van der Waals surface area contributed by atoms with Crippen LogP contribution in [0.3, 0.4) is 0 Å². The summed E-state index contributed by atoms with van der Waals surface area (Å²) in [5.74, 6) is -1.56. The third-order valence-electron chi connectivity index (χ3n) is 6.61. The number of aromatic nitrogens is 2. The molecular formula is C31H29F2N3O3S. The van der Waals surface area contributed by atoms with Gasteiger partial charge in [-0.15, -0.1) is 0 Å². The van der Waals surface area contributed by atoms with E-state index < -0.39 is 21.7 Å². The van der Waals surface area contributed by atoms with Crippen molar-refractivity contribution in [3.63, 3.8) is 0 Å². The Kier molecular flexibility index (Phi) is 8.52. The number of halogens is 2. The highest BCUT2D eigenvalue weighted by atomic mass is 32.2. The molecule has 40 heavy (non-hydrogen) atoms. The second-order valence-electron chi connectivity index (χ2n) is 9.50. The Morgan fingerprint density at radius 3 is 2.45 bits per heavy atom. The van der Waals surface area contributed by atoms with Crippen LogP contribution in [0.15, 0.2) is 102 Å². The van der Waals surface area contributed by atoms with E-state index in [9.17, 15) is 17.2 Å². The largest absolute Gasteiger partial charge is 0.493 e. The van der Waals surface area contributed by atoms with Crippen molar-refractivity contribution in [2.24, 2.45) is 0 Å². The number of nitrogens with zero attached hydrogens (tertiary/aromatic N) is 2. The summed E-state index contributed by atoms with van der Waals surface area (Å²) in [6, 6.07) is 25.0. The topological polar surface area (TPSA) is 73.2 Å². The first-order valence-corrected chi connectivity index (χ1v) is 14.5. The second-order valence-corrected chi connectivity index (χ2v) is 11.3. The molecule has 0 fully saturated rings. The Morgan fingerprint density at radius 1 is 0.825 bits per heavy atom. The van der Waals surface area contributed by atoms with Crippen molar-refractivity contribution in [2.45, 2.75) is 30.7 Å². The predicted octanol–water partition coefficient (Wildman–Crippen LogP) is 5.90. The summed E-state index contributed by atoms with van der Waals surface area (Å²) in [6.07, 6.45) is 5.42. The lowest BCUT2D eigenvalue weighted by Gasteiger charge is -2.14. The number of rotatable bonds is 12. The lowest BCUT2D eigenvalue weighted by atomic mass is 10.0. The minimum atomic E-state index is -3.96. The van der Waals surface area contributed by atoms with Crippen LogP contribution in [0.5, 0.6) is 5.75 Å². The maximum atomic E-state index is 13.5. The molecule has 0 bridgehead atoms. The van der Waals surface area contributed by atoms with Crippen molar-refractivity contribution in [3.8, 4) is 5.75 Å². The fraction of sp³-hybridized carbons (Fsp3) is 0.194. The molecule has 0 atom stereocenters. The van der Waals surface area contributed by atoms with E-state index in [0.29, 0.717) is 32.1 Å². The Hall–Kier alpha value is -4.08. The fourth-order valence-electron chi connectivity index (χ4n) is 4.51. The first-order chi connectivity index (χ1) is 19.4. The molecule has 0 aliphatic rings. The number of nitrogens with one attached hydrogen (secondary N) is 1. The third kappa shape index (κ3) is 6.91. The molecular weight excluding hydrogens is 532 g/mol. The lowest BCUT2D eigenvalue weighted by Crippen LogP contribution is -2.25. The third-order valence-corrected chi connectivity index (χ3v) is 8.07. The van der Waals surface area contributed by atoms with Gasteiger partial charge < -0.3 is 4.74 Å². The van der Waals surface area contributed by atoms with Crippen molar-refractivity contribution in [2.75, 3.05) is 13.2 Å². The van der Waals surface area contributed by atoms with E-state index >= 15 is 0 Å². The van der Waals surface area contributed by atoms with Gasteiger partial charge in [0.25, 0.3) is 0 Å². The summed E-state index contributed by atoms with van der Waals surface area (Å²) < 4.78 is 62.2. The highest BCUT2D eigenvalue weighted by Crippen LogP contribution is 2.24. The zero-order chi connectivity index (χ0) is 28.0. The van der Waals surface area contributed by atoms with Gasteiger partial charge in [-0.25, -0.2) is 21.9 Å². The molecule has 5 aromatic rings. The van der Waals surface area contributed by atoms with Gasteiger partial charge >= 0.3 is 0 Å². The lowest BCUT2D eigenvalue weighted by molar-refractivity contribution is 0.318. The first-order valence-electron chi connectivity index (χ1n) is 13.0. The molecule has 0 saturated heterocycles. The molecule has 0 aliphatic heterocycles. The number of aryl methyl sites for hydroxylation is 1. The summed E-state index contributed by atoms with van der Waals surface area (Å²) in [4.78, 5) is -0.313. The van der Waals surface area contributed by atoms with Crippen molar-refractivity contribution in [3.05, 3.63) is 126 Å². The van der Waals surface area contributed by atoms with E-state index in [-0.39, 0.29) is 11.4 Å². The van der Waals surface area contributed by atoms with Crippen molar-refractivity contribution in [1.29, 1.82) is 0 Å². The van der Waals surface area contributed by atoms with Gasteiger partial charge in [-0.1, -0.05) is 54.6 Å². The van der Waals surface area contributed by atoms with E-state index in [1.54, 1.807) is 6.20 Å². The molecule has 0 unspecified atom stereocenters. The Bertz CT molecular complexity index is 1710. The number of benzene rings is 4. The summed E-state index contributed by atoms with van der Waals surface area (Å²) in [6.45, 7) is 1.22. The molecule has 0 radical (unpaired) electrons. The second kappa shape index (κ2) is 12.4. The van der Waals surface area contributed by atoms with Gasteiger partial charge in [-0.2, -0.15) is 5.10 Å². The van der Waals surface area contributed by atoms with Gasteiger partial charge in [0.05, 0.1) is 18.0 Å². The average molecular weight is 562 g/mol. The summed E-state index contributed by atoms with van der Waals surface area (Å²) in [5, 5.41) is 6.66. The van der Waals surface area contributed by atoms with Crippen LogP contribution < -0.4 is 9.46 Å². The quantitative estimate of drug-likeness (QED) is 0.193. The minimum Gasteiger partial charge on any atom is -0.493 e. The van der Waals surface area contributed by atoms with Crippen LogP contribution in [-0.4, -0.2) is 31.3 Å². The molecule has 0 spiro atoms. The molecule has 1 aromatic heterocycles. The van der Waals surface area contributed by atoms with Gasteiger partial charge in [0, 0.05) is 25.4 Å². The highest BCUT2D eigenvalue weighted by molar-refractivity contribution is 7.89. The monoisotopic (exact) mass is 561 g/mol. The van der Waals surface area contributed by atoms with Crippen LogP contribution in [0, 0.1) is 11.6 Å². The summed E-state index contributed by atoms with van der Waals surface area (Å²) >= 11 is 0. The van der Waals surface area contributed by atoms with Crippen molar-refractivity contribution >= 4 is 20.8 Å². The Labute approximate surface area is 232 Å². The number of ether oxygens (including phenoxy) is 1. The van der Waals surface area contributed by atoms with Crippen LogP contribution in [0.2, 0.25) is 0 Å². The van der Waals surface area contributed by atoms with E-state index in [2.05, 4.69) is 40.2 Å². The maximum Gasteiger partial charge on any atom is 0.240 e. The fourth-order valence-corrected chi connectivity index (χ4v) is 5.59. The van der Waals surface area contributed by atoms with Gasteiger partial charge in [0.15, 0.2) is 11.6 Å². The molecule has 9 heteroatoms. The van der Waals surface area contributed by atoms with Crippen LogP contribution in [-0.2, 0) is 29.4 Å². The molecule has 1 heterocycles. The Morgan fingerprint density at radius 2 is 1.65 bits per heavy atom. The molecule has 1 N–H and O–H groups in total. The van der Waals surface area contributed by atoms with E-state index in [1.807, 2.05) is 47.3 Å². The van der Waals surface area contributed by atoms with Crippen molar-refractivity contribution < 1.29 is 21.9 Å². The highest BCUT2D eigenvalue weighted by Gasteiger charge is 2.16. The standard InChI is InChI=1S/C31H29F2N3O3S/c32-29-13-12-28(21-30(29)33)40(37,38)35-16-3-7-26-11-9-24(22-36-17-4-15-34-36)20-31(26)39-18-14-23-8-10-25-5-1-2-6-27(25)19-23/h1-2,4-6,8-13,15,17,19-21,35H,3,7,14,16,18,22H2. The van der Waals surface area contributed by atoms with Crippen LogP contribution in [0.25, 0.3) is 10.8 Å². The summed E-state index contributed by atoms with van der Waals surface area (Å²) in [7, 11) is -3.96. The Balaban J connectivity index is 1.23. The molecule has 4 aromatic carbocycles. The normalized spacial score (nSPS) is 11.7. The summed E-state index contributed by atoms with van der Waals surface area (Å²) in [5.41, 5.74) is 3.17. The number of hydrogen-bond donors (Lipinski definition) is 1. The average Bonchev–Trinajstić information content (AvgIpc) is 3.46. The van der Waals surface area contributed by atoms with Crippen LogP contribution >= 0.6 is 0 Å². The van der Waals surface area contributed by atoms with E-state index in [4.69, 9.17) is 4.74 Å². The molecule has 0 aliphatic carbocycles. The van der Waals surface area contributed by atoms with E-state index in [0.717, 1.165) is 35.4 Å². The first kappa shape index (κ1) is 27.5. The van der Waals surface area contributed by atoms with Gasteiger partial charge in [0.2, 0.25) is 10.0 Å². The molecule has 206 valence electrons. The maximum absolute atomic E-state index is 13.5. The van der Waals surface area contributed by atoms with Gasteiger partial charge in [-0.05, 0) is 70.6 Å². The SMILES string of the molecule is O=S(=O)(NCCCc1ccc(Cn2cccn2)cc1OCCc1ccc2ccccc2c1)c1ccc(F)c(F)c1. The van der Waals surface area contributed by atoms with Crippen LogP contribution in [0.1, 0.15) is 23.1 Å². The van der Waals surface area contributed by atoms with Gasteiger partial charge in [0.1, 0.15) is 5.75 Å². The molecule has 5 rings (SSSR count). The molecule has 0 saturated carbocycles. The predicted molar refractivity (Wildman–Crippen MR) is 151 cm³/mol. The van der Waals surface area contributed by atoms with Gasteiger partial charge in [-0.3, -0.25) is 4.68 Å². The zero-order valence-electron chi connectivity index (χ0n) is 21.8. The number of sulfonamides is 1. The van der Waals surface area contributed by atoms with Crippen LogP contribution in [0.4, 0.5) is 8.78 Å². The minimum absolute atomic E-state index is 0.132. The number of fused-ring (bicyclic) bond motifs is 1. The van der Waals surface area contributed by atoms with E-state index in [1.165, 1.54) is 16.3 Å². The molecule has 0 amide bonds.